The van der Waals surface area contributed by atoms with Crippen molar-refractivity contribution in [3.63, 3.8) is 0 Å². The summed E-state index contributed by atoms with van der Waals surface area (Å²) in [6, 6.07) is 6.06. The average Bonchev–Trinajstić information content (AvgIpc) is 2.62. The zero-order valence-electron chi connectivity index (χ0n) is 14.5. The number of benzene rings is 1. The van der Waals surface area contributed by atoms with Crippen molar-refractivity contribution in [2.45, 2.75) is 38.6 Å². The number of anilines is 1. The molecule has 0 amide bonds. The van der Waals surface area contributed by atoms with Gasteiger partial charge in [0.25, 0.3) is 0 Å². The quantitative estimate of drug-likeness (QED) is 0.663. The molecule has 1 heterocycles. The number of rotatable bonds is 3. The Morgan fingerprint density at radius 2 is 1.92 bits per heavy atom. The summed E-state index contributed by atoms with van der Waals surface area (Å²) in [5, 5.41) is 4.71. The first-order valence-corrected chi connectivity index (χ1v) is 9.23. The second kappa shape index (κ2) is 6.45. The highest BCUT2D eigenvalue weighted by Crippen LogP contribution is 2.47. The van der Waals surface area contributed by atoms with Crippen LogP contribution in [0.25, 0.3) is 10.9 Å². The highest BCUT2D eigenvalue weighted by Gasteiger charge is 2.48. The molecular weight excluding hydrogens is 338 g/mol. The van der Waals surface area contributed by atoms with Crippen LogP contribution in [0.15, 0.2) is 18.2 Å². The summed E-state index contributed by atoms with van der Waals surface area (Å²) in [5.41, 5.74) is 1.94. The van der Waals surface area contributed by atoms with Crippen molar-refractivity contribution in [1.29, 1.82) is 0 Å². The Bertz CT molecular complexity index is 818. The first kappa shape index (κ1) is 16.6. The molecule has 0 saturated heterocycles. The number of nitrogens with zero attached hydrogens (tertiary/aromatic N) is 2. The number of fused-ring (bicyclic) bond motifs is 4. The van der Waals surface area contributed by atoms with Gasteiger partial charge in [0.1, 0.15) is 5.82 Å². The zero-order chi connectivity index (χ0) is 17.6. The van der Waals surface area contributed by atoms with E-state index < -0.39 is 0 Å². The normalized spacial score (nSPS) is 28.1. The van der Waals surface area contributed by atoms with Crippen LogP contribution in [-0.2, 0) is 9.53 Å². The minimum Gasteiger partial charge on any atom is -0.469 e. The third-order valence-corrected chi connectivity index (χ3v) is 5.99. The topological polar surface area (TPSA) is 64.1 Å². The summed E-state index contributed by atoms with van der Waals surface area (Å²) in [6.45, 7) is 2.04. The van der Waals surface area contributed by atoms with E-state index in [-0.39, 0.29) is 23.2 Å². The number of carbonyl (C=O) groups excluding carboxylic acids is 1. The number of hydrogen-bond donors (Lipinski definition) is 1. The van der Waals surface area contributed by atoms with Crippen molar-refractivity contribution >= 4 is 34.3 Å². The molecular formula is C19H22ClN3O2. The fraction of sp³-hybridized carbons (Fsp3) is 0.526. The number of carbonyl (C=O) groups is 1. The van der Waals surface area contributed by atoms with Crippen LogP contribution < -0.4 is 5.32 Å². The molecule has 2 atom stereocenters. The van der Waals surface area contributed by atoms with E-state index >= 15 is 0 Å². The lowest BCUT2D eigenvalue weighted by Gasteiger charge is -2.47. The lowest BCUT2D eigenvalue weighted by Crippen LogP contribution is -2.51. The van der Waals surface area contributed by atoms with Gasteiger partial charge in [-0.2, -0.15) is 0 Å². The smallest absolute Gasteiger partial charge is 0.311 e. The van der Waals surface area contributed by atoms with Crippen LogP contribution in [0.1, 0.15) is 31.2 Å². The monoisotopic (exact) mass is 359 g/mol. The van der Waals surface area contributed by atoms with E-state index in [4.69, 9.17) is 16.3 Å². The highest BCUT2D eigenvalue weighted by atomic mass is 35.5. The van der Waals surface area contributed by atoms with Crippen molar-refractivity contribution < 1.29 is 9.53 Å². The van der Waals surface area contributed by atoms with Crippen LogP contribution in [-0.4, -0.2) is 29.1 Å². The first-order chi connectivity index (χ1) is 12.1. The van der Waals surface area contributed by atoms with E-state index in [1.165, 1.54) is 7.11 Å². The van der Waals surface area contributed by atoms with Crippen LogP contribution in [0, 0.1) is 24.7 Å². The molecule has 2 unspecified atom stereocenters. The van der Waals surface area contributed by atoms with E-state index in [2.05, 4.69) is 21.4 Å². The molecule has 3 aliphatic rings. The van der Waals surface area contributed by atoms with Gasteiger partial charge in [-0.25, -0.2) is 9.97 Å². The number of aryl methyl sites for hydroxylation is 1. The van der Waals surface area contributed by atoms with Gasteiger partial charge < -0.3 is 10.1 Å². The first-order valence-electron chi connectivity index (χ1n) is 8.85. The summed E-state index contributed by atoms with van der Waals surface area (Å²) < 4.78 is 5.10. The van der Waals surface area contributed by atoms with Crippen LogP contribution in [0.5, 0.6) is 0 Å². The van der Waals surface area contributed by atoms with Crippen molar-refractivity contribution in [3.05, 3.63) is 29.0 Å². The maximum Gasteiger partial charge on any atom is 0.311 e. The minimum absolute atomic E-state index is 0.0367. The maximum absolute atomic E-state index is 12.4. The molecule has 3 saturated carbocycles. The standard InChI is InChI=1S/C19H22ClN3O2/c1-10-3-8-14-13(9-10)17(23-19(20)21-14)22-16-12-6-4-11(5-7-12)15(16)18(24)25-2/h3,8-9,11-12,15-16H,4-7H2,1-2H3,(H,21,22,23). The SMILES string of the molecule is COC(=O)C1C2CCC(CC2)C1Nc1nc(Cl)nc2ccc(C)cc12. The second-order valence-electron chi connectivity index (χ2n) is 7.26. The van der Waals surface area contributed by atoms with Crippen LogP contribution in [0.4, 0.5) is 5.82 Å². The Kier molecular flexibility index (Phi) is 4.28. The van der Waals surface area contributed by atoms with Gasteiger partial charge in [-0.05, 0) is 68.2 Å². The number of ether oxygens (including phenoxy) is 1. The molecule has 5 rings (SSSR count). The number of nitrogens with one attached hydrogen (secondary N) is 1. The molecule has 0 radical (unpaired) electrons. The van der Waals surface area contributed by atoms with E-state index in [0.29, 0.717) is 17.7 Å². The van der Waals surface area contributed by atoms with Gasteiger partial charge in [0.05, 0.1) is 18.5 Å². The Hall–Kier alpha value is -1.88. The molecule has 6 heteroatoms. The van der Waals surface area contributed by atoms with E-state index in [0.717, 1.165) is 42.1 Å². The number of aromatic nitrogens is 2. The van der Waals surface area contributed by atoms with Crippen molar-refractivity contribution in [2.75, 3.05) is 12.4 Å². The van der Waals surface area contributed by atoms with Gasteiger partial charge >= 0.3 is 5.97 Å². The van der Waals surface area contributed by atoms with Crippen LogP contribution >= 0.6 is 11.6 Å². The largest absolute Gasteiger partial charge is 0.469 e. The van der Waals surface area contributed by atoms with Gasteiger partial charge in [0.2, 0.25) is 5.28 Å². The molecule has 2 aromatic rings. The molecule has 1 aromatic heterocycles. The molecule has 0 aliphatic heterocycles. The predicted molar refractivity (Wildman–Crippen MR) is 97.6 cm³/mol. The molecule has 5 nitrogen and oxygen atoms in total. The Labute approximate surface area is 152 Å². The predicted octanol–water partition coefficient (Wildman–Crippen LogP) is 3.98. The lowest BCUT2D eigenvalue weighted by molar-refractivity contribution is -0.152. The molecule has 0 spiro atoms. The number of methoxy groups -OCH3 is 1. The Morgan fingerprint density at radius 3 is 2.64 bits per heavy atom. The number of esters is 1. The third-order valence-electron chi connectivity index (χ3n) is 5.82. The van der Waals surface area contributed by atoms with Gasteiger partial charge in [-0.3, -0.25) is 4.79 Å². The summed E-state index contributed by atoms with van der Waals surface area (Å²) >= 11 is 6.13. The molecule has 1 N–H and O–H groups in total. The lowest BCUT2D eigenvalue weighted by atomic mass is 9.61. The highest BCUT2D eigenvalue weighted by molar-refractivity contribution is 6.28. The molecule has 2 bridgehead atoms. The van der Waals surface area contributed by atoms with Gasteiger partial charge in [0, 0.05) is 11.4 Å². The van der Waals surface area contributed by atoms with Crippen LogP contribution in [0.2, 0.25) is 5.28 Å². The van der Waals surface area contributed by atoms with Gasteiger partial charge in [0.15, 0.2) is 0 Å². The van der Waals surface area contributed by atoms with E-state index in [9.17, 15) is 4.79 Å². The summed E-state index contributed by atoms with van der Waals surface area (Å²) in [5.74, 6) is 1.33. The minimum atomic E-state index is -0.119. The Morgan fingerprint density at radius 1 is 1.20 bits per heavy atom. The van der Waals surface area contributed by atoms with Gasteiger partial charge in [-0.15, -0.1) is 0 Å². The van der Waals surface area contributed by atoms with Crippen molar-refractivity contribution in [1.82, 2.24) is 9.97 Å². The zero-order valence-corrected chi connectivity index (χ0v) is 15.2. The van der Waals surface area contributed by atoms with Crippen LogP contribution in [0.3, 0.4) is 0 Å². The van der Waals surface area contributed by atoms with E-state index in [1.54, 1.807) is 0 Å². The number of hydrogen-bond acceptors (Lipinski definition) is 5. The molecule has 1 aromatic carbocycles. The summed E-state index contributed by atoms with van der Waals surface area (Å²) in [4.78, 5) is 21.2. The molecule has 3 fully saturated rings. The molecule has 132 valence electrons. The summed E-state index contributed by atoms with van der Waals surface area (Å²) in [7, 11) is 1.47. The average molecular weight is 360 g/mol. The second-order valence-corrected chi connectivity index (χ2v) is 7.59. The van der Waals surface area contributed by atoms with Crippen molar-refractivity contribution in [2.24, 2.45) is 17.8 Å². The van der Waals surface area contributed by atoms with Gasteiger partial charge in [-0.1, -0.05) is 11.6 Å². The molecule has 3 aliphatic carbocycles. The fourth-order valence-electron chi connectivity index (χ4n) is 4.61. The number of halogens is 1. The summed E-state index contributed by atoms with van der Waals surface area (Å²) in [6.07, 6.45) is 4.50. The Balaban J connectivity index is 1.74. The third kappa shape index (κ3) is 2.95. The molecule has 25 heavy (non-hydrogen) atoms. The fourth-order valence-corrected chi connectivity index (χ4v) is 4.79. The van der Waals surface area contributed by atoms with E-state index in [1.807, 2.05) is 19.1 Å². The maximum atomic E-state index is 12.4. The van der Waals surface area contributed by atoms with Crippen molar-refractivity contribution in [3.8, 4) is 0 Å².